The van der Waals surface area contributed by atoms with Crippen LogP contribution in [0.25, 0.3) is 0 Å². The lowest BCUT2D eigenvalue weighted by Gasteiger charge is -2.22. The van der Waals surface area contributed by atoms with Gasteiger partial charge in [0, 0.05) is 18.7 Å². The molecule has 0 fully saturated rings. The second-order valence-corrected chi connectivity index (χ2v) is 7.90. The van der Waals surface area contributed by atoms with E-state index in [9.17, 15) is 13.2 Å². The van der Waals surface area contributed by atoms with Gasteiger partial charge in [0.05, 0.1) is 11.4 Å². The Bertz CT molecular complexity index is 830. The van der Waals surface area contributed by atoms with Crippen molar-refractivity contribution in [1.82, 2.24) is 5.32 Å². The molecule has 2 aromatic rings. The summed E-state index contributed by atoms with van der Waals surface area (Å²) in [6, 6.07) is 14.5. The molecule has 2 rings (SSSR count). The number of carbonyl (C=O) groups excluding carboxylic acids is 1. The van der Waals surface area contributed by atoms with Gasteiger partial charge in [0.15, 0.2) is 0 Å². The SMILES string of the molecule is CCN(c1ccc(C(=O)NCc2ccccc2C)cc1)S(=O)(=O)CC. The van der Waals surface area contributed by atoms with Crippen LogP contribution in [0.5, 0.6) is 0 Å². The van der Waals surface area contributed by atoms with Crippen LogP contribution in [0.2, 0.25) is 0 Å². The highest BCUT2D eigenvalue weighted by Gasteiger charge is 2.18. The van der Waals surface area contributed by atoms with Crippen molar-refractivity contribution in [2.24, 2.45) is 0 Å². The molecule has 0 spiro atoms. The number of carbonyl (C=O) groups is 1. The van der Waals surface area contributed by atoms with Crippen LogP contribution in [-0.4, -0.2) is 26.6 Å². The van der Waals surface area contributed by atoms with Crippen molar-refractivity contribution in [3.63, 3.8) is 0 Å². The number of benzene rings is 2. The second kappa shape index (κ2) is 8.16. The molecule has 0 unspecified atom stereocenters. The van der Waals surface area contributed by atoms with E-state index in [0.29, 0.717) is 24.3 Å². The van der Waals surface area contributed by atoms with E-state index in [1.54, 1.807) is 38.1 Å². The summed E-state index contributed by atoms with van der Waals surface area (Å²) >= 11 is 0. The first-order valence-electron chi connectivity index (χ1n) is 8.32. The van der Waals surface area contributed by atoms with Crippen LogP contribution in [0.4, 0.5) is 5.69 Å². The summed E-state index contributed by atoms with van der Waals surface area (Å²) < 4.78 is 25.5. The maximum absolute atomic E-state index is 12.3. The quantitative estimate of drug-likeness (QED) is 0.825. The van der Waals surface area contributed by atoms with Gasteiger partial charge in [-0.25, -0.2) is 8.42 Å². The van der Waals surface area contributed by atoms with Crippen LogP contribution < -0.4 is 9.62 Å². The van der Waals surface area contributed by atoms with Crippen LogP contribution in [-0.2, 0) is 16.6 Å². The van der Waals surface area contributed by atoms with E-state index in [4.69, 9.17) is 0 Å². The average molecular weight is 360 g/mol. The number of aryl methyl sites for hydroxylation is 1. The lowest BCUT2D eigenvalue weighted by Crippen LogP contribution is -2.32. The van der Waals surface area contributed by atoms with Crippen LogP contribution in [0.3, 0.4) is 0 Å². The molecule has 0 aliphatic heterocycles. The van der Waals surface area contributed by atoms with E-state index in [-0.39, 0.29) is 11.7 Å². The summed E-state index contributed by atoms with van der Waals surface area (Å²) in [5.41, 5.74) is 3.27. The fourth-order valence-electron chi connectivity index (χ4n) is 2.56. The zero-order chi connectivity index (χ0) is 18.4. The highest BCUT2D eigenvalue weighted by Crippen LogP contribution is 2.19. The van der Waals surface area contributed by atoms with Gasteiger partial charge < -0.3 is 5.32 Å². The van der Waals surface area contributed by atoms with Crippen molar-refractivity contribution >= 4 is 21.6 Å². The minimum atomic E-state index is -3.31. The van der Waals surface area contributed by atoms with E-state index >= 15 is 0 Å². The first kappa shape index (κ1) is 19.0. The summed E-state index contributed by atoms with van der Waals surface area (Å²) in [6.45, 7) is 6.22. The maximum Gasteiger partial charge on any atom is 0.251 e. The number of anilines is 1. The molecule has 0 aliphatic carbocycles. The number of hydrogen-bond acceptors (Lipinski definition) is 3. The number of nitrogens with one attached hydrogen (secondary N) is 1. The van der Waals surface area contributed by atoms with Gasteiger partial charge in [-0.1, -0.05) is 24.3 Å². The molecule has 0 aromatic heterocycles. The van der Waals surface area contributed by atoms with Crippen molar-refractivity contribution in [3.05, 3.63) is 65.2 Å². The van der Waals surface area contributed by atoms with Crippen LogP contribution in [0.15, 0.2) is 48.5 Å². The van der Waals surface area contributed by atoms with Gasteiger partial charge in [0.1, 0.15) is 0 Å². The Kier molecular flexibility index (Phi) is 6.20. The maximum atomic E-state index is 12.3. The summed E-state index contributed by atoms with van der Waals surface area (Å²) in [5.74, 6) is -0.143. The van der Waals surface area contributed by atoms with Crippen molar-refractivity contribution in [3.8, 4) is 0 Å². The van der Waals surface area contributed by atoms with Crippen molar-refractivity contribution in [2.45, 2.75) is 27.3 Å². The number of nitrogens with zero attached hydrogens (tertiary/aromatic N) is 1. The number of amides is 1. The van der Waals surface area contributed by atoms with Crippen LogP contribution in [0.1, 0.15) is 35.3 Å². The molecule has 134 valence electrons. The minimum absolute atomic E-state index is 0.0412. The lowest BCUT2D eigenvalue weighted by molar-refractivity contribution is 0.0951. The predicted molar refractivity (Wildman–Crippen MR) is 101 cm³/mol. The smallest absolute Gasteiger partial charge is 0.251 e. The third-order valence-electron chi connectivity index (χ3n) is 4.11. The molecule has 0 bridgehead atoms. The highest BCUT2D eigenvalue weighted by molar-refractivity contribution is 7.92. The first-order chi connectivity index (χ1) is 11.9. The zero-order valence-electron chi connectivity index (χ0n) is 14.8. The van der Waals surface area contributed by atoms with Crippen molar-refractivity contribution in [2.75, 3.05) is 16.6 Å². The van der Waals surface area contributed by atoms with E-state index < -0.39 is 10.0 Å². The average Bonchev–Trinajstić information content (AvgIpc) is 2.62. The summed E-state index contributed by atoms with van der Waals surface area (Å²) in [5, 5.41) is 2.89. The molecular weight excluding hydrogens is 336 g/mol. The lowest BCUT2D eigenvalue weighted by atomic mass is 10.1. The standard InChI is InChI=1S/C19H24N2O3S/c1-4-21(25(23,24)5-2)18-12-10-16(11-13-18)19(22)20-14-17-9-7-6-8-15(17)3/h6-13H,4-5,14H2,1-3H3,(H,20,22). The molecular formula is C19H24N2O3S. The van der Waals surface area contributed by atoms with Gasteiger partial charge in [-0.3, -0.25) is 9.10 Å². The van der Waals surface area contributed by atoms with Gasteiger partial charge in [-0.05, 0) is 56.2 Å². The molecule has 5 nitrogen and oxygen atoms in total. The molecule has 0 saturated heterocycles. The van der Waals surface area contributed by atoms with E-state index in [0.717, 1.165) is 11.1 Å². The molecule has 0 atom stereocenters. The van der Waals surface area contributed by atoms with E-state index in [2.05, 4.69) is 5.32 Å². The van der Waals surface area contributed by atoms with Crippen molar-refractivity contribution in [1.29, 1.82) is 0 Å². The van der Waals surface area contributed by atoms with E-state index in [1.807, 2.05) is 31.2 Å². The number of hydrogen-bond donors (Lipinski definition) is 1. The largest absolute Gasteiger partial charge is 0.348 e. The first-order valence-corrected chi connectivity index (χ1v) is 9.93. The van der Waals surface area contributed by atoms with Gasteiger partial charge >= 0.3 is 0 Å². The molecule has 0 aliphatic rings. The van der Waals surface area contributed by atoms with Gasteiger partial charge in [-0.2, -0.15) is 0 Å². The van der Waals surface area contributed by atoms with Crippen LogP contribution in [0, 0.1) is 6.92 Å². The summed E-state index contributed by atoms with van der Waals surface area (Å²) in [6.07, 6.45) is 0. The van der Waals surface area contributed by atoms with Crippen LogP contribution >= 0.6 is 0 Å². The normalized spacial score (nSPS) is 11.2. The predicted octanol–water partition coefficient (Wildman–Crippen LogP) is 3.10. The Morgan fingerprint density at radius 2 is 1.68 bits per heavy atom. The molecule has 2 aromatic carbocycles. The number of sulfonamides is 1. The summed E-state index contributed by atoms with van der Waals surface area (Å²) in [7, 11) is -3.31. The Morgan fingerprint density at radius 3 is 2.24 bits per heavy atom. The van der Waals surface area contributed by atoms with Crippen molar-refractivity contribution < 1.29 is 13.2 Å². The topological polar surface area (TPSA) is 66.5 Å². The Morgan fingerprint density at radius 1 is 1.04 bits per heavy atom. The zero-order valence-corrected chi connectivity index (χ0v) is 15.6. The Balaban J connectivity index is 2.09. The molecule has 0 heterocycles. The van der Waals surface area contributed by atoms with Gasteiger partial charge in [-0.15, -0.1) is 0 Å². The Labute approximate surface area is 149 Å². The molecule has 0 saturated carbocycles. The highest BCUT2D eigenvalue weighted by atomic mass is 32.2. The second-order valence-electron chi connectivity index (χ2n) is 5.72. The monoisotopic (exact) mass is 360 g/mol. The molecule has 1 amide bonds. The third kappa shape index (κ3) is 4.60. The molecule has 25 heavy (non-hydrogen) atoms. The summed E-state index contributed by atoms with van der Waals surface area (Å²) in [4.78, 5) is 12.3. The number of rotatable bonds is 7. The molecule has 0 radical (unpaired) electrons. The molecule has 1 N–H and O–H groups in total. The fourth-order valence-corrected chi connectivity index (χ4v) is 3.71. The molecule has 6 heteroatoms. The van der Waals surface area contributed by atoms with Gasteiger partial charge in [0.2, 0.25) is 10.0 Å². The van der Waals surface area contributed by atoms with Gasteiger partial charge in [0.25, 0.3) is 5.91 Å². The Hall–Kier alpha value is -2.34. The third-order valence-corrected chi connectivity index (χ3v) is 5.98. The van der Waals surface area contributed by atoms with E-state index in [1.165, 1.54) is 4.31 Å². The fraction of sp³-hybridized carbons (Fsp3) is 0.316. The minimum Gasteiger partial charge on any atom is -0.348 e.